The second kappa shape index (κ2) is 6.68. The summed E-state index contributed by atoms with van der Waals surface area (Å²) in [5.41, 5.74) is 3.71. The van der Waals surface area contributed by atoms with Crippen molar-refractivity contribution in [2.24, 2.45) is 0 Å². The predicted octanol–water partition coefficient (Wildman–Crippen LogP) is 2.54. The third-order valence-electron chi connectivity index (χ3n) is 4.20. The van der Waals surface area contributed by atoms with Gasteiger partial charge in [-0.25, -0.2) is 0 Å². The maximum Gasteiger partial charge on any atom is 0.0570 e. The molecule has 0 aliphatic carbocycles. The summed E-state index contributed by atoms with van der Waals surface area (Å²) in [4.78, 5) is 11.0. The highest BCUT2D eigenvalue weighted by molar-refractivity contribution is 5.44. The summed E-state index contributed by atoms with van der Waals surface area (Å²) in [6, 6.07) is 8.88. The maximum atomic E-state index is 4.45. The number of hydrogen-bond acceptors (Lipinski definition) is 4. The first kappa shape index (κ1) is 14.0. The number of nitrogens with zero attached hydrogens (tertiary/aromatic N) is 3. The average Bonchev–Trinajstić information content (AvgIpc) is 2.55. The zero-order chi connectivity index (χ0) is 14.5. The van der Waals surface area contributed by atoms with Crippen LogP contribution in [0.5, 0.6) is 0 Å². The molecule has 1 saturated heterocycles. The van der Waals surface area contributed by atoms with Crippen molar-refractivity contribution >= 4 is 5.69 Å². The molecule has 3 heterocycles. The van der Waals surface area contributed by atoms with Crippen LogP contribution in [0.1, 0.15) is 24.1 Å². The Kier molecular flexibility index (Phi) is 4.46. The van der Waals surface area contributed by atoms with Gasteiger partial charge >= 0.3 is 0 Å². The third kappa shape index (κ3) is 3.58. The number of rotatable bonds is 4. The Morgan fingerprint density at radius 1 is 1.14 bits per heavy atom. The van der Waals surface area contributed by atoms with Gasteiger partial charge in [0.1, 0.15) is 0 Å². The van der Waals surface area contributed by atoms with Crippen LogP contribution in [0.15, 0.2) is 42.9 Å². The summed E-state index contributed by atoms with van der Waals surface area (Å²) in [7, 11) is 0. The molecule has 3 rings (SSSR count). The smallest absolute Gasteiger partial charge is 0.0570 e. The van der Waals surface area contributed by atoms with Gasteiger partial charge in [0.05, 0.1) is 5.69 Å². The van der Waals surface area contributed by atoms with Crippen LogP contribution in [0.2, 0.25) is 0 Å². The Morgan fingerprint density at radius 2 is 1.90 bits per heavy atom. The lowest BCUT2D eigenvalue weighted by atomic mass is 10.0. The second-order valence-corrected chi connectivity index (χ2v) is 5.61. The van der Waals surface area contributed by atoms with E-state index in [-0.39, 0.29) is 0 Å². The van der Waals surface area contributed by atoms with E-state index in [2.05, 4.69) is 45.3 Å². The minimum Gasteiger partial charge on any atom is -0.371 e. The van der Waals surface area contributed by atoms with Crippen molar-refractivity contribution in [2.75, 3.05) is 18.0 Å². The fraction of sp³-hybridized carbons (Fsp3) is 0.412. The van der Waals surface area contributed by atoms with Crippen LogP contribution in [0.4, 0.5) is 5.69 Å². The van der Waals surface area contributed by atoms with E-state index in [1.807, 2.05) is 24.7 Å². The largest absolute Gasteiger partial charge is 0.371 e. The Balaban J connectivity index is 1.49. The van der Waals surface area contributed by atoms with Gasteiger partial charge in [-0.2, -0.15) is 0 Å². The molecule has 110 valence electrons. The zero-order valence-corrected chi connectivity index (χ0v) is 12.5. The van der Waals surface area contributed by atoms with Gasteiger partial charge in [0.2, 0.25) is 0 Å². The van der Waals surface area contributed by atoms with Gasteiger partial charge in [-0.3, -0.25) is 9.97 Å². The van der Waals surface area contributed by atoms with Gasteiger partial charge in [0, 0.05) is 50.0 Å². The molecule has 0 amide bonds. The lowest BCUT2D eigenvalue weighted by Crippen LogP contribution is -2.42. The van der Waals surface area contributed by atoms with Gasteiger partial charge in [0.15, 0.2) is 0 Å². The molecule has 2 aromatic rings. The summed E-state index contributed by atoms with van der Waals surface area (Å²) < 4.78 is 0. The van der Waals surface area contributed by atoms with E-state index in [4.69, 9.17) is 0 Å². The first-order chi connectivity index (χ1) is 10.3. The van der Waals surface area contributed by atoms with Gasteiger partial charge < -0.3 is 10.2 Å². The summed E-state index contributed by atoms with van der Waals surface area (Å²) in [5, 5.41) is 3.65. The summed E-state index contributed by atoms with van der Waals surface area (Å²) >= 11 is 0. The molecule has 0 spiro atoms. The molecule has 1 N–H and O–H groups in total. The Labute approximate surface area is 126 Å². The van der Waals surface area contributed by atoms with Crippen molar-refractivity contribution in [3.8, 4) is 0 Å². The van der Waals surface area contributed by atoms with Crippen LogP contribution in [0, 0.1) is 6.92 Å². The van der Waals surface area contributed by atoms with Crippen molar-refractivity contribution in [1.29, 1.82) is 0 Å². The highest BCUT2D eigenvalue weighted by Gasteiger charge is 2.19. The maximum absolute atomic E-state index is 4.45. The molecule has 21 heavy (non-hydrogen) atoms. The topological polar surface area (TPSA) is 41.1 Å². The molecule has 1 aliphatic heterocycles. The number of piperidine rings is 1. The van der Waals surface area contributed by atoms with Crippen molar-refractivity contribution in [1.82, 2.24) is 15.3 Å². The van der Waals surface area contributed by atoms with Gasteiger partial charge in [-0.1, -0.05) is 6.07 Å². The molecule has 2 aromatic heterocycles. The monoisotopic (exact) mass is 282 g/mol. The Hall–Kier alpha value is -1.94. The number of hydrogen-bond donors (Lipinski definition) is 1. The van der Waals surface area contributed by atoms with Crippen molar-refractivity contribution in [2.45, 2.75) is 32.4 Å². The van der Waals surface area contributed by atoms with E-state index in [1.54, 1.807) is 0 Å². The van der Waals surface area contributed by atoms with E-state index in [0.29, 0.717) is 6.04 Å². The number of nitrogens with one attached hydrogen (secondary N) is 1. The fourth-order valence-electron chi connectivity index (χ4n) is 2.84. The Morgan fingerprint density at radius 3 is 2.62 bits per heavy atom. The normalized spacial score (nSPS) is 16.1. The van der Waals surface area contributed by atoms with Gasteiger partial charge in [-0.15, -0.1) is 0 Å². The molecule has 0 radical (unpaired) electrons. The molecule has 0 aromatic carbocycles. The quantitative estimate of drug-likeness (QED) is 0.935. The van der Waals surface area contributed by atoms with Crippen molar-refractivity contribution in [3.63, 3.8) is 0 Å². The molecular formula is C17H22N4. The molecule has 1 aliphatic rings. The predicted molar refractivity (Wildman–Crippen MR) is 85.3 cm³/mol. The molecule has 4 nitrogen and oxygen atoms in total. The first-order valence-corrected chi connectivity index (χ1v) is 7.62. The molecule has 1 fully saturated rings. The number of pyridine rings is 2. The summed E-state index contributed by atoms with van der Waals surface area (Å²) in [5.74, 6) is 0. The highest BCUT2D eigenvalue weighted by atomic mass is 15.1. The van der Waals surface area contributed by atoms with E-state index >= 15 is 0 Å². The SMILES string of the molecule is Cc1cccnc1CNC1CCN(c2ccncc2)CC1. The summed E-state index contributed by atoms with van der Waals surface area (Å²) in [6.45, 7) is 5.19. The van der Waals surface area contributed by atoms with Gasteiger partial charge in [0.25, 0.3) is 0 Å². The van der Waals surface area contributed by atoms with Crippen LogP contribution in [-0.2, 0) is 6.54 Å². The van der Waals surface area contributed by atoms with Crippen molar-refractivity contribution < 1.29 is 0 Å². The molecule has 0 saturated carbocycles. The lowest BCUT2D eigenvalue weighted by Gasteiger charge is -2.34. The number of anilines is 1. The second-order valence-electron chi connectivity index (χ2n) is 5.61. The fourth-order valence-corrected chi connectivity index (χ4v) is 2.84. The minimum atomic E-state index is 0.587. The van der Waals surface area contributed by atoms with Crippen molar-refractivity contribution in [3.05, 3.63) is 54.1 Å². The number of aromatic nitrogens is 2. The third-order valence-corrected chi connectivity index (χ3v) is 4.20. The zero-order valence-electron chi connectivity index (χ0n) is 12.5. The summed E-state index contributed by atoms with van der Waals surface area (Å²) in [6.07, 6.45) is 7.95. The molecular weight excluding hydrogens is 260 g/mol. The number of aryl methyl sites for hydroxylation is 1. The van der Waals surface area contributed by atoms with Crippen LogP contribution >= 0.6 is 0 Å². The highest BCUT2D eigenvalue weighted by Crippen LogP contribution is 2.19. The lowest BCUT2D eigenvalue weighted by molar-refractivity contribution is 0.411. The molecule has 0 atom stereocenters. The van der Waals surface area contributed by atoms with Gasteiger partial charge in [-0.05, 0) is 43.5 Å². The van der Waals surface area contributed by atoms with E-state index in [9.17, 15) is 0 Å². The Bertz CT molecular complexity index is 562. The van der Waals surface area contributed by atoms with Crippen LogP contribution < -0.4 is 10.2 Å². The minimum absolute atomic E-state index is 0.587. The standard InChI is InChI=1S/C17H22N4/c1-14-3-2-8-19-17(14)13-20-15-6-11-21(12-7-15)16-4-9-18-10-5-16/h2-5,8-10,15,20H,6-7,11-13H2,1H3. The van der Waals surface area contributed by atoms with Crippen LogP contribution in [0.25, 0.3) is 0 Å². The molecule has 4 heteroatoms. The van der Waals surface area contributed by atoms with E-state index in [1.165, 1.54) is 24.1 Å². The van der Waals surface area contributed by atoms with Crippen LogP contribution in [0.3, 0.4) is 0 Å². The van der Waals surface area contributed by atoms with Crippen LogP contribution in [-0.4, -0.2) is 29.1 Å². The van der Waals surface area contributed by atoms with E-state index < -0.39 is 0 Å². The molecule has 0 bridgehead atoms. The average molecular weight is 282 g/mol. The molecule has 0 unspecified atom stereocenters. The first-order valence-electron chi connectivity index (χ1n) is 7.62. The van der Waals surface area contributed by atoms with E-state index in [0.717, 1.165) is 25.3 Å².